The van der Waals surface area contributed by atoms with Gasteiger partial charge in [0.25, 0.3) is 0 Å². The molecule has 0 aromatic heterocycles. The lowest BCUT2D eigenvalue weighted by Gasteiger charge is -2.23. The Morgan fingerprint density at radius 1 is 1.10 bits per heavy atom. The van der Waals surface area contributed by atoms with Gasteiger partial charge in [-0.2, -0.15) is 4.31 Å². The topological polar surface area (TPSA) is 67.9 Å². The van der Waals surface area contributed by atoms with Crippen molar-refractivity contribution in [1.29, 1.82) is 0 Å². The van der Waals surface area contributed by atoms with Crippen LogP contribution in [0.4, 0.5) is 5.69 Å². The van der Waals surface area contributed by atoms with Crippen LogP contribution in [0.3, 0.4) is 0 Å². The van der Waals surface area contributed by atoms with Crippen LogP contribution in [0.5, 0.6) is 0 Å². The van der Waals surface area contributed by atoms with Crippen molar-refractivity contribution < 1.29 is 17.9 Å². The zero-order valence-electron chi connectivity index (χ0n) is 12.8. The van der Waals surface area contributed by atoms with E-state index >= 15 is 0 Å². The monoisotopic (exact) mass is 316 g/mol. The van der Waals surface area contributed by atoms with Gasteiger partial charge in [-0.05, 0) is 18.6 Å². The lowest BCUT2D eigenvalue weighted by atomic mass is 10.3. The van der Waals surface area contributed by atoms with E-state index in [1.807, 2.05) is 0 Å². The average molecular weight is 316 g/mol. The number of methoxy groups -OCH3 is 2. The van der Waals surface area contributed by atoms with Crippen LogP contribution >= 0.6 is 0 Å². The summed E-state index contributed by atoms with van der Waals surface area (Å²) in [6.07, 6.45) is 0.640. The molecular formula is C14H24N2O4S. The van der Waals surface area contributed by atoms with Gasteiger partial charge in [0, 0.05) is 41.0 Å². The van der Waals surface area contributed by atoms with Crippen LogP contribution in [0.2, 0.25) is 0 Å². The van der Waals surface area contributed by atoms with E-state index in [-0.39, 0.29) is 4.90 Å². The summed E-state index contributed by atoms with van der Waals surface area (Å²) >= 11 is 0. The van der Waals surface area contributed by atoms with Crippen molar-refractivity contribution in [2.75, 3.05) is 52.9 Å². The van der Waals surface area contributed by atoms with Gasteiger partial charge in [0.05, 0.1) is 12.3 Å². The van der Waals surface area contributed by atoms with Crippen molar-refractivity contribution in [2.45, 2.75) is 11.3 Å². The summed E-state index contributed by atoms with van der Waals surface area (Å²) < 4.78 is 37.0. The first kappa shape index (κ1) is 17.9. The normalized spacial score (nSPS) is 11.8. The summed E-state index contributed by atoms with van der Waals surface area (Å²) in [5.74, 6) is 0. The summed E-state index contributed by atoms with van der Waals surface area (Å²) in [4.78, 5) is 0.279. The summed E-state index contributed by atoms with van der Waals surface area (Å²) in [6, 6.07) is 6.88. The molecule has 7 heteroatoms. The van der Waals surface area contributed by atoms with Gasteiger partial charge in [-0.15, -0.1) is 0 Å². The molecule has 120 valence electrons. The Balaban J connectivity index is 3.01. The fraction of sp³-hybridized carbons (Fsp3) is 0.571. The number of hydrogen-bond acceptors (Lipinski definition) is 5. The van der Waals surface area contributed by atoms with Gasteiger partial charge in [0.1, 0.15) is 4.90 Å². The number of hydrogen-bond donors (Lipinski definition) is 1. The SMILES string of the molecule is CNc1ccccc1S(=O)(=O)N(CCCOC)CCOC. The van der Waals surface area contributed by atoms with Crippen molar-refractivity contribution in [2.24, 2.45) is 0 Å². The molecule has 0 amide bonds. The summed E-state index contributed by atoms with van der Waals surface area (Å²) in [5, 5.41) is 2.92. The Labute approximate surface area is 127 Å². The van der Waals surface area contributed by atoms with Crippen LogP contribution in [0, 0.1) is 0 Å². The maximum atomic E-state index is 12.8. The zero-order chi connectivity index (χ0) is 15.7. The van der Waals surface area contributed by atoms with Gasteiger partial charge in [-0.25, -0.2) is 8.42 Å². The highest BCUT2D eigenvalue weighted by atomic mass is 32.2. The maximum absolute atomic E-state index is 12.8. The molecule has 1 N–H and O–H groups in total. The number of nitrogens with zero attached hydrogens (tertiary/aromatic N) is 1. The van der Waals surface area contributed by atoms with Gasteiger partial charge < -0.3 is 14.8 Å². The van der Waals surface area contributed by atoms with Gasteiger partial charge in [0.15, 0.2) is 0 Å². The molecule has 0 heterocycles. The highest BCUT2D eigenvalue weighted by Gasteiger charge is 2.26. The molecule has 0 spiro atoms. The Hall–Kier alpha value is -1.15. The Morgan fingerprint density at radius 2 is 1.76 bits per heavy atom. The molecule has 21 heavy (non-hydrogen) atoms. The third kappa shape index (κ3) is 4.96. The molecule has 1 aromatic rings. The van der Waals surface area contributed by atoms with Gasteiger partial charge >= 0.3 is 0 Å². The van der Waals surface area contributed by atoms with Crippen LogP contribution in [0.15, 0.2) is 29.2 Å². The molecule has 0 saturated carbocycles. The van der Waals surface area contributed by atoms with Crippen molar-refractivity contribution in [3.05, 3.63) is 24.3 Å². The minimum Gasteiger partial charge on any atom is -0.387 e. The number of ether oxygens (including phenoxy) is 2. The van der Waals surface area contributed by atoms with Gasteiger partial charge in [0.2, 0.25) is 10.0 Å². The number of sulfonamides is 1. The molecule has 0 aliphatic heterocycles. The third-order valence-electron chi connectivity index (χ3n) is 3.08. The summed E-state index contributed by atoms with van der Waals surface area (Å²) in [6.45, 7) is 1.60. The quantitative estimate of drug-likeness (QED) is 0.661. The van der Waals surface area contributed by atoms with Crippen LogP contribution in [0.25, 0.3) is 0 Å². The molecule has 0 saturated heterocycles. The second kappa shape index (κ2) is 8.99. The summed E-state index contributed by atoms with van der Waals surface area (Å²) in [7, 11) is 1.30. The van der Waals surface area contributed by atoms with Crippen LogP contribution in [-0.4, -0.2) is 60.3 Å². The third-order valence-corrected chi connectivity index (χ3v) is 5.03. The highest BCUT2D eigenvalue weighted by Crippen LogP contribution is 2.24. The molecule has 6 nitrogen and oxygen atoms in total. The number of anilines is 1. The van der Waals surface area contributed by atoms with Gasteiger partial charge in [-0.1, -0.05) is 12.1 Å². The Kier molecular flexibility index (Phi) is 7.66. The predicted molar refractivity (Wildman–Crippen MR) is 83.1 cm³/mol. The predicted octanol–water partition coefficient (Wildman–Crippen LogP) is 1.40. The minimum atomic E-state index is -3.56. The smallest absolute Gasteiger partial charge is 0.245 e. The van der Waals surface area contributed by atoms with Crippen molar-refractivity contribution in [3.8, 4) is 0 Å². The molecule has 0 aliphatic carbocycles. The molecule has 0 fully saturated rings. The first-order chi connectivity index (χ1) is 10.1. The molecule has 1 rings (SSSR count). The summed E-state index contributed by atoms with van der Waals surface area (Å²) in [5.41, 5.74) is 0.589. The Morgan fingerprint density at radius 3 is 2.38 bits per heavy atom. The largest absolute Gasteiger partial charge is 0.387 e. The van der Waals surface area contributed by atoms with E-state index in [0.29, 0.717) is 38.4 Å². The molecule has 0 unspecified atom stereocenters. The van der Waals surface area contributed by atoms with Crippen LogP contribution in [-0.2, 0) is 19.5 Å². The van der Waals surface area contributed by atoms with E-state index in [0.717, 1.165) is 0 Å². The average Bonchev–Trinajstić information content (AvgIpc) is 2.50. The Bertz CT molecular complexity index is 519. The van der Waals surface area contributed by atoms with Gasteiger partial charge in [-0.3, -0.25) is 0 Å². The fourth-order valence-electron chi connectivity index (χ4n) is 1.97. The highest BCUT2D eigenvalue weighted by molar-refractivity contribution is 7.89. The van der Waals surface area contributed by atoms with E-state index in [4.69, 9.17) is 9.47 Å². The van der Waals surface area contributed by atoms with Crippen molar-refractivity contribution in [3.63, 3.8) is 0 Å². The van der Waals surface area contributed by atoms with E-state index < -0.39 is 10.0 Å². The van der Waals surface area contributed by atoms with E-state index in [9.17, 15) is 8.42 Å². The zero-order valence-corrected chi connectivity index (χ0v) is 13.6. The molecule has 0 bridgehead atoms. The minimum absolute atomic E-state index is 0.279. The van der Waals surface area contributed by atoms with E-state index in [2.05, 4.69) is 5.32 Å². The maximum Gasteiger partial charge on any atom is 0.245 e. The molecule has 0 atom stereocenters. The number of para-hydroxylation sites is 1. The molecule has 1 aromatic carbocycles. The number of rotatable bonds is 10. The lowest BCUT2D eigenvalue weighted by molar-refractivity contribution is 0.164. The van der Waals surface area contributed by atoms with Crippen LogP contribution in [0.1, 0.15) is 6.42 Å². The molecule has 0 aliphatic rings. The number of benzene rings is 1. The van der Waals surface area contributed by atoms with E-state index in [1.54, 1.807) is 45.5 Å². The first-order valence-electron chi connectivity index (χ1n) is 6.82. The first-order valence-corrected chi connectivity index (χ1v) is 8.26. The second-order valence-electron chi connectivity index (χ2n) is 4.49. The standard InChI is InChI=1S/C14H24N2O4S/c1-15-13-7-4-5-8-14(13)21(17,18)16(10-12-20-3)9-6-11-19-2/h4-5,7-8,15H,6,9-12H2,1-3H3. The lowest BCUT2D eigenvalue weighted by Crippen LogP contribution is -2.35. The van der Waals surface area contributed by atoms with Crippen molar-refractivity contribution >= 4 is 15.7 Å². The van der Waals surface area contributed by atoms with Crippen LogP contribution < -0.4 is 5.32 Å². The van der Waals surface area contributed by atoms with E-state index in [1.165, 1.54) is 4.31 Å². The fourth-order valence-corrected chi connectivity index (χ4v) is 3.63. The molecular weight excluding hydrogens is 292 g/mol. The molecule has 0 radical (unpaired) electrons. The van der Waals surface area contributed by atoms with Crippen molar-refractivity contribution in [1.82, 2.24) is 4.31 Å². The second-order valence-corrected chi connectivity index (χ2v) is 6.40. The number of nitrogens with one attached hydrogen (secondary N) is 1.